The van der Waals surface area contributed by atoms with Crippen LogP contribution in [0.5, 0.6) is 0 Å². The Bertz CT molecular complexity index is 1270. The van der Waals surface area contributed by atoms with Crippen molar-refractivity contribution >= 4 is 21.4 Å². The van der Waals surface area contributed by atoms with Crippen molar-refractivity contribution in [1.29, 1.82) is 0 Å². The first kappa shape index (κ1) is 23.4. The van der Waals surface area contributed by atoms with E-state index in [1.165, 1.54) is 36.0 Å². The molecule has 4 heterocycles. The number of sulfonamides is 1. The Balaban J connectivity index is 1.65. The molecule has 0 bridgehead atoms. The summed E-state index contributed by atoms with van der Waals surface area (Å²) in [6.07, 6.45) is 1.11. The molecule has 3 aromatic rings. The maximum Gasteiger partial charge on any atom is 0.282 e. The van der Waals surface area contributed by atoms with Crippen LogP contribution in [0.25, 0.3) is 17.0 Å². The van der Waals surface area contributed by atoms with Crippen molar-refractivity contribution in [1.82, 2.24) is 24.3 Å². The van der Waals surface area contributed by atoms with Crippen molar-refractivity contribution in [3.8, 4) is 11.4 Å². The molecule has 33 heavy (non-hydrogen) atoms. The maximum absolute atomic E-state index is 14.8. The number of alkyl halides is 4. The van der Waals surface area contributed by atoms with Gasteiger partial charge in [0.05, 0.1) is 24.1 Å². The Labute approximate surface area is 187 Å². The van der Waals surface area contributed by atoms with Crippen LogP contribution in [0.15, 0.2) is 36.7 Å². The Morgan fingerprint density at radius 1 is 1.21 bits per heavy atom. The van der Waals surface area contributed by atoms with E-state index in [0.29, 0.717) is 22.7 Å². The highest BCUT2D eigenvalue weighted by atomic mass is 32.2. The lowest BCUT2D eigenvalue weighted by Crippen LogP contribution is -2.56. The highest BCUT2D eigenvalue weighted by Crippen LogP contribution is 2.39. The quantitative estimate of drug-likeness (QED) is 0.539. The normalized spacial score (nSPS) is 21.1. The zero-order valence-electron chi connectivity index (χ0n) is 17.8. The molecule has 1 fully saturated rings. The number of hydrogen-bond acceptors (Lipinski definition) is 6. The van der Waals surface area contributed by atoms with Gasteiger partial charge in [0.15, 0.2) is 5.65 Å². The number of nitrogens with one attached hydrogen (secondary N) is 1. The molecule has 13 heteroatoms. The minimum absolute atomic E-state index is 0.0484. The van der Waals surface area contributed by atoms with Crippen LogP contribution in [0.1, 0.15) is 19.0 Å². The van der Waals surface area contributed by atoms with Crippen molar-refractivity contribution in [2.24, 2.45) is 11.8 Å². The van der Waals surface area contributed by atoms with Gasteiger partial charge in [-0.2, -0.15) is 5.10 Å². The van der Waals surface area contributed by atoms with E-state index in [1.54, 1.807) is 17.0 Å². The molecule has 1 saturated heterocycles. The van der Waals surface area contributed by atoms with Gasteiger partial charge in [0.25, 0.3) is 12.3 Å². The summed E-state index contributed by atoms with van der Waals surface area (Å²) < 4.78 is 82.0. The van der Waals surface area contributed by atoms with Crippen molar-refractivity contribution in [3.05, 3.63) is 42.4 Å². The number of halogens is 4. The van der Waals surface area contributed by atoms with Gasteiger partial charge < -0.3 is 4.90 Å². The second-order valence-corrected chi connectivity index (χ2v) is 10.0. The van der Waals surface area contributed by atoms with E-state index in [0.717, 1.165) is 6.26 Å². The molecule has 0 saturated carbocycles. The minimum Gasteiger partial charge on any atom is -0.370 e. The van der Waals surface area contributed by atoms with Gasteiger partial charge >= 0.3 is 0 Å². The van der Waals surface area contributed by atoms with E-state index in [1.807, 2.05) is 0 Å². The van der Waals surface area contributed by atoms with Crippen LogP contribution in [0.4, 0.5) is 23.2 Å². The summed E-state index contributed by atoms with van der Waals surface area (Å²) in [5.41, 5.74) is 1.30. The van der Waals surface area contributed by atoms with E-state index >= 15 is 0 Å². The number of fused-ring (bicyclic) bond motifs is 1. The van der Waals surface area contributed by atoms with E-state index < -0.39 is 46.4 Å². The second kappa shape index (κ2) is 8.52. The Morgan fingerprint density at radius 2 is 1.97 bits per heavy atom. The Kier molecular flexibility index (Phi) is 6.03. The number of nitrogens with zero attached hydrogens (tertiary/aromatic N) is 5. The summed E-state index contributed by atoms with van der Waals surface area (Å²) in [6.45, 7) is 0.997. The molecule has 2 unspecified atom stereocenters. The van der Waals surface area contributed by atoms with Gasteiger partial charge in [-0.3, -0.25) is 4.98 Å². The number of hydrogen-bond donors (Lipinski definition) is 1. The van der Waals surface area contributed by atoms with E-state index in [-0.39, 0.29) is 13.1 Å². The molecule has 0 radical (unpaired) electrons. The van der Waals surface area contributed by atoms with E-state index in [2.05, 4.69) is 19.8 Å². The van der Waals surface area contributed by atoms with Crippen LogP contribution in [-0.4, -0.2) is 59.8 Å². The van der Waals surface area contributed by atoms with E-state index in [9.17, 15) is 26.0 Å². The Hall–Kier alpha value is -2.80. The zero-order valence-corrected chi connectivity index (χ0v) is 18.6. The van der Waals surface area contributed by atoms with Crippen molar-refractivity contribution in [2.45, 2.75) is 19.3 Å². The summed E-state index contributed by atoms with van der Waals surface area (Å²) in [5, 5.41) is 3.93. The summed E-state index contributed by atoms with van der Waals surface area (Å²) in [7, 11) is -3.62. The standard InChI is InChI=1S/C20H22F4N6O2S/c1-12-10-29(11-13(20(12,23)24)8-27-33(2,31)32)14-5-6-25-16(7-14)17-9-26-18-4-3-15(19(21)22)28-30(17)18/h3-7,9,12-13,19,27H,8,10-11H2,1-2H3. The summed E-state index contributed by atoms with van der Waals surface area (Å²) in [5.74, 6) is -5.32. The molecule has 3 aromatic heterocycles. The number of rotatable bonds is 6. The average molecular weight is 486 g/mol. The number of imidazole rings is 1. The van der Waals surface area contributed by atoms with Crippen molar-refractivity contribution in [3.63, 3.8) is 0 Å². The highest BCUT2D eigenvalue weighted by Gasteiger charge is 2.49. The number of piperidine rings is 1. The molecule has 0 amide bonds. The summed E-state index contributed by atoms with van der Waals surface area (Å²) >= 11 is 0. The van der Waals surface area contributed by atoms with Crippen LogP contribution < -0.4 is 9.62 Å². The average Bonchev–Trinajstić information content (AvgIpc) is 3.17. The lowest BCUT2D eigenvalue weighted by molar-refractivity contribution is -0.108. The first-order valence-corrected chi connectivity index (χ1v) is 12.0. The predicted octanol–water partition coefficient (Wildman–Crippen LogP) is 2.99. The molecule has 1 aliphatic heterocycles. The SMILES string of the molecule is CC1CN(c2ccnc(-c3cnc4ccc(C(F)F)nn34)c2)CC(CNS(C)(=O)=O)C1(F)F. The molecular weight excluding hydrogens is 464 g/mol. The van der Waals surface area contributed by atoms with Gasteiger partial charge in [0, 0.05) is 37.4 Å². The van der Waals surface area contributed by atoms with Crippen LogP contribution in [0, 0.1) is 11.8 Å². The number of aromatic nitrogens is 4. The highest BCUT2D eigenvalue weighted by molar-refractivity contribution is 7.88. The number of anilines is 1. The predicted molar refractivity (Wildman–Crippen MR) is 114 cm³/mol. The fraction of sp³-hybridized carbons (Fsp3) is 0.450. The first-order valence-electron chi connectivity index (χ1n) is 10.1. The van der Waals surface area contributed by atoms with Gasteiger partial charge in [-0.25, -0.2) is 40.2 Å². The van der Waals surface area contributed by atoms with Gasteiger partial charge in [0.2, 0.25) is 10.0 Å². The molecule has 178 valence electrons. The molecule has 1 aliphatic rings. The lowest BCUT2D eigenvalue weighted by atomic mass is 9.85. The van der Waals surface area contributed by atoms with Crippen LogP contribution in [0.2, 0.25) is 0 Å². The monoisotopic (exact) mass is 486 g/mol. The van der Waals surface area contributed by atoms with Gasteiger partial charge in [-0.05, 0) is 24.3 Å². The largest absolute Gasteiger partial charge is 0.370 e. The van der Waals surface area contributed by atoms with Gasteiger partial charge in [-0.15, -0.1) is 0 Å². The number of pyridine rings is 1. The minimum atomic E-state index is -3.62. The van der Waals surface area contributed by atoms with Crippen molar-refractivity contribution < 1.29 is 26.0 Å². The molecule has 4 rings (SSSR count). The zero-order chi connectivity index (χ0) is 24.0. The fourth-order valence-electron chi connectivity index (χ4n) is 3.92. The van der Waals surface area contributed by atoms with E-state index in [4.69, 9.17) is 0 Å². The second-order valence-electron chi connectivity index (χ2n) is 8.17. The molecule has 0 aromatic carbocycles. The fourth-order valence-corrected chi connectivity index (χ4v) is 4.42. The molecule has 0 spiro atoms. The smallest absolute Gasteiger partial charge is 0.282 e. The van der Waals surface area contributed by atoms with Crippen LogP contribution >= 0.6 is 0 Å². The molecular formula is C20H22F4N6O2S. The van der Waals surface area contributed by atoms with Crippen LogP contribution in [0.3, 0.4) is 0 Å². The lowest BCUT2D eigenvalue weighted by Gasteiger charge is -2.43. The van der Waals surface area contributed by atoms with Gasteiger partial charge in [0.1, 0.15) is 11.4 Å². The van der Waals surface area contributed by atoms with Crippen LogP contribution in [-0.2, 0) is 10.0 Å². The maximum atomic E-state index is 14.8. The third-order valence-corrected chi connectivity index (χ3v) is 6.40. The molecule has 0 aliphatic carbocycles. The van der Waals surface area contributed by atoms with Crippen molar-refractivity contribution in [2.75, 3.05) is 30.8 Å². The topological polar surface area (TPSA) is 92.5 Å². The Morgan fingerprint density at radius 3 is 2.67 bits per heavy atom. The molecule has 2 atom stereocenters. The third kappa shape index (κ3) is 4.78. The molecule has 1 N–H and O–H groups in total. The summed E-state index contributed by atoms with van der Waals surface area (Å²) in [6, 6.07) is 5.93. The first-order chi connectivity index (χ1) is 15.5. The summed E-state index contributed by atoms with van der Waals surface area (Å²) in [4.78, 5) is 10.2. The van der Waals surface area contributed by atoms with Gasteiger partial charge in [-0.1, -0.05) is 6.92 Å². The molecule has 8 nitrogen and oxygen atoms in total. The third-order valence-electron chi connectivity index (χ3n) is 5.71.